The summed E-state index contributed by atoms with van der Waals surface area (Å²) in [6.45, 7) is 0.117. The minimum absolute atomic E-state index is 0.0904. The Bertz CT molecular complexity index is 796. The third-order valence-electron chi connectivity index (χ3n) is 4.49. The summed E-state index contributed by atoms with van der Waals surface area (Å²) < 4.78 is 10.4. The van der Waals surface area contributed by atoms with Crippen LogP contribution < -0.4 is 5.32 Å². The van der Waals surface area contributed by atoms with Gasteiger partial charge in [-0.3, -0.25) is 14.5 Å². The molecule has 1 aromatic carbocycles. The Morgan fingerprint density at radius 3 is 2.63 bits per heavy atom. The van der Waals surface area contributed by atoms with Crippen molar-refractivity contribution < 1.29 is 29.0 Å². The number of fused-ring (bicyclic) bond motifs is 1. The predicted octanol–water partition coefficient (Wildman–Crippen LogP) is 0.588. The van der Waals surface area contributed by atoms with Crippen LogP contribution in [0.4, 0.5) is 0 Å². The zero-order chi connectivity index (χ0) is 19.6. The zero-order valence-corrected chi connectivity index (χ0v) is 15.7. The van der Waals surface area contributed by atoms with Crippen molar-refractivity contribution in [3.05, 3.63) is 47.2 Å². The number of aliphatic carboxylic acids is 1. The molecule has 0 aromatic heterocycles. The first-order valence-corrected chi connectivity index (χ1v) is 9.29. The van der Waals surface area contributed by atoms with Crippen molar-refractivity contribution in [1.82, 2.24) is 10.2 Å². The van der Waals surface area contributed by atoms with Crippen molar-refractivity contribution in [2.24, 2.45) is 0 Å². The van der Waals surface area contributed by atoms with Crippen LogP contribution in [0.15, 0.2) is 41.6 Å². The Balaban J connectivity index is 1.81. The minimum atomic E-state index is -1.57. The first kappa shape index (κ1) is 19.4. The van der Waals surface area contributed by atoms with E-state index in [-0.39, 0.29) is 24.6 Å². The van der Waals surface area contributed by atoms with Gasteiger partial charge in [-0.1, -0.05) is 30.3 Å². The summed E-state index contributed by atoms with van der Waals surface area (Å²) in [5, 5.41) is 11.6. The van der Waals surface area contributed by atoms with E-state index in [1.54, 1.807) is 0 Å². The summed E-state index contributed by atoms with van der Waals surface area (Å²) in [5.74, 6) is -1.82. The van der Waals surface area contributed by atoms with Gasteiger partial charge in [0.05, 0.1) is 13.0 Å². The number of carbonyl (C=O) groups excluding carboxylic acids is 2. The highest BCUT2D eigenvalue weighted by atomic mass is 32.2. The van der Waals surface area contributed by atoms with Gasteiger partial charge in [0.25, 0.3) is 11.6 Å². The van der Waals surface area contributed by atoms with Gasteiger partial charge < -0.3 is 19.9 Å². The number of carboxylic acid groups (broad SMARTS) is 1. The number of nitrogens with zero attached hydrogens (tertiary/aromatic N) is 1. The highest BCUT2D eigenvalue weighted by molar-refractivity contribution is 8.00. The zero-order valence-electron chi connectivity index (χ0n) is 14.9. The maximum absolute atomic E-state index is 12.8. The molecule has 1 unspecified atom stereocenters. The summed E-state index contributed by atoms with van der Waals surface area (Å²) in [6.07, 6.45) is 0.0904. The van der Waals surface area contributed by atoms with Gasteiger partial charge in [0.2, 0.25) is 5.91 Å². The van der Waals surface area contributed by atoms with Gasteiger partial charge in [0.15, 0.2) is 0 Å². The lowest BCUT2D eigenvalue weighted by molar-refractivity contribution is -0.192. The molecule has 0 bridgehead atoms. The van der Waals surface area contributed by atoms with Gasteiger partial charge in [0.1, 0.15) is 11.1 Å². The second-order valence-corrected chi connectivity index (χ2v) is 7.25. The van der Waals surface area contributed by atoms with Crippen LogP contribution >= 0.6 is 11.8 Å². The number of nitrogens with one attached hydrogen (secondary N) is 1. The van der Waals surface area contributed by atoms with Crippen molar-refractivity contribution in [3.8, 4) is 0 Å². The van der Waals surface area contributed by atoms with Crippen LogP contribution in [0.25, 0.3) is 0 Å². The fourth-order valence-corrected chi connectivity index (χ4v) is 4.68. The molecule has 9 heteroatoms. The number of hydrogen-bond acceptors (Lipinski definition) is 6. The van der Waals surface area contributed by atoms with Gasteiger partial charge in [0, 0.05) is 20.0 Å². The van der Waals surface area contributed by atoms with Crippen LogP contribution in [0.1, 0.15) is 5.56 Å². The largest absolute Gasteiger partial charge is 0.477 e. The monoisotopic (exact) mass is 392 g/mol. The standard InChI is InChI=1S/C18H20N2O6S/c1-25-9-12-10-27-17-18(26-2,16(24)20(17)14(12)15(22)23)19-13(21)8-11-6-4-3-5-7-11/h3-7,17H,8-10H2,1-2H3,(H,19,21)(H,22,23)/t17-,18?/m0/s1. The number of carboxylic acids is 1. The Morgan fingerprint density at radius 2 is 2.04 bits per heavy atom. The molecule has 144 valence electrons. The summed E-state index contributed by atoms with van der Waals surface area (Å²) in [7, 11) is 2.79. The van der Waals surface area contributed by atoms with Crippen molar-refractivity contribution in [1.29, 1.82) is 0 Å². The molecule has 1 saturated heterocycles. The third-order valence-corrected chi connectivity index (χ3v) is 5.86. The maximum Gasteiger partial charge on any atom is 0.352 e. The molecule has 8 nitrogen and oxygen atoms in total. The molecule has 3 rings (SSSR count). The van der Waals surface area contributed by atoms with Gasteiger partial charge in [-0.2, -0.15) is 0 Å². The van der Waals surface area contributed by atoms with Gasteiger partial charge in [-0.25, -0.2) is 4.79 Å². The minimum Gasteiger partial charge on any atom is -0.477 e. The van der Waals surface area contributed by atoms with Crippen LogP contribution in [0, 0.1) is 0 Å². The lowest BCUT2D eigenvalue weighted by Gasteiger charge is -2.55. The number of amides is 2. The van der Waals surface area contributed by atoms with E-state index in [1.807, 2.05) is 30.3 Å². The van der Waals surface area contributed by atoms with Crippen molar-refractivity contribution in [3.63, 3.8) is 0 Å². The number of methoxy groups -OCH3 is 2. The SMILES string of the molecule is COCC1=C(C(=O)O)N2C(=O)C(NC(=O)Cc3ccccc3)(OC)[C@@H]2SC1. The third kappa shape index (κ3) is 3.33. The Labute approximate surface area is 160 Å². The van der Waals surface area contributed by atoms with E-state index in [0.717, 1.165) is 10.5 Å². The van der Waals surface area contributed by atoms with Gasteiger partial charge in [-0.05, 0) is 11.1 Å². The summed E-state index contributed by atoms with van der Waals surface area (Å²) >= 11 is 1.33. The molecular weight excluding hydrogens is 372 g/mol. The first-order valence-electron chi connectivity index (χ1n) is 8.24. The fraction of sp³-hybridized carbons (Fsp3) is 0.389. The molecule has 0 saturated carbocycles. The number of ether oxygens (including phenoxy) is 2. The molecule has 2 heterocycles. The van der Waals surface area contributed by atoms with Crippen molar-refractivity contribution in [2.75, 3.05) is 26.6 Å². The normalized spacial score (nSPS) is 24.3. The molecule has 2 N–H and O–H groups in total. The van der Waals surface area contributed by atoms with E-state index in [1.165, 1.54) is 26.0 Å². The topological polar surface area (TPSA) is 105 Å². The molecule has 27 heavy (non-hydrogen) atoms. The van der Waals surface area contributed by atoms with Crippen LogP contribution in [0.3, 0.4) is 0 Å². The molecule has 1 fully saturated rings. The smallest absolute Gasteiger partial charge is 0.352 e. The number of carbonyl (C=O) groups is 3. The highest BCUT2D eigenvalue weighted by Crippen LogP contribution is 2.46. The van der Waals surface area contributed by atoms with Gasteiger partial charge in [-0.15, -0.1) is 11.8 Å². The Morgan fingerprint density at radius 1 is 1.33 bits per heavy atom. The number of β-lactam (4-membered cyclic amide) rings is 1. The average molecular weight is 392 g/mol. The molecule has 2 aliphatic rings. The molecule has 0 spiro atoms. The lowest BCUT2D eigenvalue weighted by Crippen LogP contribution is -2.80. The van der Waals surface area contributed by atoms with E-state index in [4.69, 9.17) is 9.47 Å². The predicted molar refractivity (Wildman–Crippen MR) is 97.7 cm³/mol. The first-order chi connectivity index (χ1) is 12.9. The summed E-state index contributed by atoms with van der Waals surface area (Å²) in [5.41, 5.74) is -0.360. The summed E-state index contributed by atoms with van der Waals surface area (Å²) in [6, 6.07) is 9.12. The van der Waals surface area contributed by atoms with E-state index in [0.29, 0.717) is 11.3 Å². The van der Waals surface area contributed by atoms with Crippen LogP contribution in [0.2, 0.25) is 0 Å². The molecule has 2 atom stereocenters. The van der Waals surface area contributed by atoms with Crippen LogP contribution in [-0.4, -0.2) is 65.5 Å². The Hall–Kier alpha value is -2.36. The van der Waals surface area contributed by atoms with E-state index in [2.05, 4.69) is 5.32 Å². The molecule has 1 aromatic rings. The second kappa shape index (κ2) is 7.71. The summed E-state index contributed by atoms with van der Waals surface area (Å²) in [4.78, 5) is 38.2. The quantitative estimate of drug-likeness (QED) is 0.517. The fourth-order valence-electron chi connectivity index (χ4n) is 3.26. The maximum atomic E-state index is 12.8. The molecule has 2 amide bonds. The van der Waals surface area contributed by atoms with E-state index in [9.17, 15) is 19.5 Å². The van der Waals surface area contributed by atoms with Crippen molar-refractivity contribution in [2.45, 2.75) is 17.5 Å². The number of rotatable bonds is 7. The van der Waals surface area contributed by atoms with Crippen LogP contribution in [0.5, 0.6) is 0 Å². The average Bonchev–Trinajstić information content (AvgIpc) is 2.66. The number of thioether (sulfide) groups is 1. The number of benzene rings is 1. The van der Waals surface area contributed by atoms with E-state index >= 15 is 0 Å². The van der Waals surface area contributed by atoms with Crippen LogP contribution in [-0.2, 0) is 30.3 Å². The lowest BCUT2D eigenvalue weighted by atomic mass is 9.97. The second-order valence-electron chi connectivity index (χ2n) is 6.18. The Kier molecular flexibility index (Phi) is 5.54. The number of hydrogen-bond donors (Lipinski definition) is 2. The molecular formula is C18H20N2O6S. The molecule has 0 radical (unpaired) electrons. The molecule has 2 aliphatic heterocycles. The molecule has 0 aliphatic carbocycles. The van der Waals surface area contributed by atoms with E-state index < -0.39 is 23.0 Å². The highest BCUT2D eigenvalue weighted by Gasteiger charge is 2.66. The van der Waals surface area contributed by atoms with Gasteiger partial charge >= 0.3 is 5.97 Å². The van der Waals surface area contributed by atoms with Crippen molar-refractivity contribution >= 4 is 29.5 Å².